The topological polar surface area (TPSA) is 73.9 Å². The number of halogens is 1. The number of aryl methyl sites for hydroxylation is 1. The number of amides is 2. The first-order valence-electron chi connectivity index (χ1n) is 9.93. The van der Waals surface area contributed by atoms with E-state index in [0.29, 0.717) is 24.5 Å². The molecule has 2 amide bonds. The summed E-state index contributed by atoms with van der Waals surface area (Å²) in [4.78, 5) is 28.7. The highest BCUT2D eigenvalue weighted by Crippen LogP contribution is 2.25. The van der Waals surface area contributed by atoms with Crippen molar-refractivity contribution in [2.45, 2.75) is 6.92 Å². The molecule has 8 heteroatoms. The molecule has 0 radical (unpaired) electrons. The van der Waals surface area contributed by atoms with Crippen LogP contribution in [0.4, 0.5) is 15.8 Å². The van der Waals surface area contributed by atoms with Crippen LogP contribution in [0, 0.1) is 12.7 Å². The molecule has 2 aromatic rings. The highest BCUT2D eigenvalue weighted by atomic mass is 19.1. The molecule has 7 nitrogen and oxygen atoms in total. The second-order valence-electron chi connectivity index (χ2n) is 7.22. The van der Waals surface area contributed by atoms with Crippen molar-refractivity contribution < 1.29 is 18.7 Å². The van der Waals surface area contributed by atoms with E-state index >= 15 is 0 Å². The fourth-order valence-corrected chi connectivity index (χ4v) is 3.39. The number of carbonyl (C=O) groups is 2. The summed E-state index contributed by atoms with van der Waals surface area (Å²) in [6, 6.07) is 11.9. The lowest BCUT2D eigenvalue weighted by Gasteiger charge is -2.36. The molecule has 0 atom stereocenters. The van der Waals surface area contributed by atoms with E-state index in [4.69, 9.17) is 4.74 Å². The molecule has 0 aromatic heterocycles. The smallest absolute Gasteiger partial charge is 0.313 e. The summed E-state index contributed by atoms with van der Waals surface area (Å²) in [5, 5.41) is 5.26. The molecule has 1 aliphatic rings. The Balaban J connectivity index is 1.40. The van der Waals surface area contributed by atoms with Crippen molar-refractivity contribution in [1.82, 2.24) is 10.2 Å². The maximum atomic E-state index is 13.1. The predicted molar refractivity (Wildman–Crippen MR) is 114 cm³/mol. The van der Waals surface area contributed by atoms with Gasteiger partial charge in [0.05, 0.1) is 12.8 Å². The first-order valence-corrected chi connectivity index (χ1v) is 9.93. The van der Waals surface area contributed by atoms with Crippen LogP contribution >= 0.6 is 0 Å². The van der Waals surface area contributed by atoms with Gasteiger partial charge in [0.25, 0.3) is 0 Å². The number of nitrogens with one attached hydrogen (secondary N) is 2. The fourth-order valence-electron chi connectivity index (χ4n) is 3.39. The zero-order valence-electron chi connectivity index (χ0n) is 17.3. The summed E-state index contributed by atoms with van der Waals surface area (Å²) in [5.41, 5.74) is 2.42. The summed E-state index contributed by atoms with van der Waals surface area (Å²) in [5.74, 6) is -1.14. The maximum absolute atomic E-state index is 13.1. The molecule has 0 aliphatic carbocycles. The van der Waals surface area contributed by atoms with Crippen LogP contribution < -0.4 is 20.3 Å². The predicted octanol–water partition coefficient (Wildman–Crippen LogP) is 2.02. The van der Waals surface area contributed by atoms with Gasteiger partial charge in [-0.15, -0.1) is 0 Å². The molecule has 0 spiro atoms. The van der Waals surface area contributed by atoms with E-state index in [0.717, 1.165) is 37.4 Å². The maximum Gasteiger partial charge on any atom is 0.313 e. The van der Waals surface area contributed by atoms with Crippen molar-refractivity contribution in [2.75, 3.05) is 56.6 Å². The molecule has 0 bridgehead atoms. The molecule has 3 rings (SSSR count). The number of methoxy groups -OCH3 is 1. The van der Waals surface area contributed by atoms with Crippen molar-refractivity contribution in [3.63, 3.8) is 0 Å². The van der Waals surface area contributed by atoms with Gasteiger partial charge in [0.15, 0.2) is 0 Å². The monoisotopic (exact) mass is 414 g/mol. The SMILES string of the molecule is COc1ccc(C)cc1NC(=O)C(=O)NCCN1CCN(c2ccc(F)cc2)CC1. The van der Waals surface area contributed by atoms with Crippen molar-refractivity contribution in [3.8, 4) is 5.75 Å². The third-order valence-corrected chi connectivity index (χ3v) is 5.09. The third-order valence-electron chi connectivity index (χ3n) is 5.09. The number of benzene rings is 2. The molecule has 2 N–H and O–H groups in total. The minimum absolute atomic E-state index is 0.238. The number of nitrogens with zero attached hydrogens (tertiary/aromatic N) is 2. The van der Waals surface area contributed by atoms with E-state index in [1.807, 2.05) is 13.0 Å². The lowest BCUT2D eigenvalue weighted by atomic mass is 10.2. The van der Waals surface area contributed by atoms with Crippen molar-refractivity contribution in [2.24, 2.45) is 0 Å². The average molecular weight is 414 g/mol. The Kier molecular flexibility index (Phi) is 7.24. The molecule has 2 aromatic carbocycles. The van der Waals surface area contributed by atoms with Gasteiger partial charge in [-0.2, -0.15) is 0 Å². The molecular weight excluding hydrogens is 387 g/mol. The first kappa shape index (κ1) is 21.6. The lowest BCUT2D eigenvalue weighted by molar-refractivity contribution is -0.136. The van der Waals surface area contributed by atoms with Gasteiger partial charge < -0.3 is 20.3 Å². The van der Waals surface area contributed by atoms with Crippen LogP contribution in [0.25, 0.3) is 0 Å². The van der Waals surface area contributed by atoms with Gasteiger partial charge in [0, 0.05) is 45.0 Å². The Labute approximate surface area is 175 Å². The van der Waals surface area contributed by atoms with Gasteiger partial charge in [0.1, 0.15) is 11.6 Å². The number of anilines is 2. The van der Waals surface area contributed by atoms with Crippen LogP contribution in [0.1, 0.15) is 5.56 Å². The molecule has 160 valence electrons. The molecule has 1 heterocycles. The van der Waals surface area contributed by atoms with Crippen LogP contribution in [0.2, 0.25) is 0 Å². The minimum atomic E-state index is -0.722. The number of ether oxygens (including phenoxy) is 1. The van der Waals surface area contributed by atoms with Gasteiger partial charge in [-0.25, -0.2) is 4.39 Å². The zero-order chi connectivity index (χ0) is 21.5. The Morgan fingerprint density at radius 2 is 1.73 bits per heavy atom. The third kappa shape index (κ3) is 5.70. The normalized spacial score (nSPS) is 14.3. The van der Waals surface area contributed by atoms with Gasteiger partial charge in [0.2, 0.25) is 0 Å². The van der Waals surface area contributed by atoms with Gasteiger partial charge in [-0.3, -0.25) is 14.5 Å². The lowest BCUT2D eigenvalue weighted by Crippen LogP contribution is -2.49. The summed E-state index contributed by atoms with van der Waals surface area (Å²) >= 11 is 0. The molecule has 1 saturated heterocycles. The standard InChI is InChI=1S/C22H27FN4O3/c1-16-3-8-20(30-2)19(15-16)25-22(29)21(28)24-9-10-26-11-13-27(14-12-26)18-6-4-17(23)5-7-18/h3-8,15H,9-14H2,1-2H3,(H,24,28)(H,25,29). The van der Waals surface area contributed by atoms with E-state index in [-0.39, 0.29) is 5.82 Å². The van der Waals surface area contributed by atoms with Crippen LogP contribution in [0.3, 0.4) is 0 Å². The first-order chi connectivity index (χ1) is 14.5. The second-order valence-corrected chi connectivity index (χ2v) is 7.22. The molecule has 0 unspecified atom stereocenters. The molecule has 30 heavy (non-hydrogen) atoms. The Morgan fingerprint density at radius 1 is 1.03 bits per heavy atom. The number of rotatable bonds is 6. The van der Waals surface area contributed by atoms with Crippen molar-refractivity contribution in [1.29, 1.82) is 0 Å². The van der Waals surface area contributed by atoms with Crippen molar-refractivity contribution in [3.05, 3.63) is 53.8 Å². The van der Waals surface area contributed by atoms with Gasteiger partial charge in [-0.05, 0) is 48.9 Å². The Bertz CT molecular complexity index is 880. The number of hydrogen-bond acceptors (Lipinski definition) is 5. The van der Waals surface area contributed by atoms with E-state index < -0.39 is 11.8 Å². The van der Waals surface area contributed by atoms with E-state index in [1.165, 1.54) is 19.2 Å². The summed E-state index contributed by atoms with van der Waals surface area (Å²) in [7, 11) is 1.51. The summed E-state index contributed by atoms with van der Waals surface area (Å²) in [6.07, 6.45) is 0. The zero-order valence-corrected chi connectivity index (χ0v) is 17.3. The van der Waals surface area contributed by atoms with Crippen LogP contribution in [0.5, 0.6) is 5.75 Å². The minimum Gasteiger partial charge on any atom is -0.495 e. The molecule has 0 saturated carbocycles. The molecule has 1 aliphatic heterocycles. The van der Waals surface area contributed by atoms with E-state index in [1.54, 1.807) is 24.3 Å². The molecule has 1 fully saturated rings. The van der Waals surface area contributed by atoms with Crippen LogP contribution in [0.15, 0.2) is 42.5 Å². The number of hydrogen-bond donors (Lipinski definition) is 2. The summed E-state index contributed by atoms with van der Waals surface area (Å²) < 4.78 is 18.3. The quantitative estimate of drug-likeness (QED) is 0.708. The average Bonchev–Trinajstić information content (AvgIpc) is 2.75. The second kappa shape index (κ2) is 10.1. The molecular formula is C22H27FN4O3. The fraction of sp³-hybridized carbons (Fsp3) is 0.364. The van der Waals surface area contributed by atoms with Crippen molar-refractivity contribution >= 4 is 23.2 Å². The highest BCUT2D eigenvalue weighted by Gasteiger charge is 2.19. The Hall–Kier alpha value is -3.13. The van der Waals surface area contributed by atoms with Gasteiger partial charge in [-0.1, -0.05) is 6.07 Å². The van der Waals surface area contributed by atoms with E-state index in [9.17, 15) is 14.0 Å². The van der Waals surface area contributed by atoms with Gasteiger partial charge >= 0.3 is 11.8 Å². The Morgan fingerprint density at radius 3 is 2.40 bits per heavy atom. The van der Waals surface area contributed by atoms with E-state index in [2.05, 4.69) is 20.4 Å². The van der Waals surface area contributed by atoms with Crippen LogP contribution in [-0.2, 0) is 9.59 Å². The summed E-state index contributed by atoms with van der Waals surface area (Å²) in [6.45, 7) is 6.25. The highest BCUT2D eigenvalue weighted by molar-refractivity contribution is 6.39. The number of piperazine rings is 1. The number of carbonyl (C=O) groups excluding carboxylic acids is 2. The largest absolute Gasteiger partial charge is 0.495 e. The van der Waals surface area contributed by atoms with Crippen LogP contribution in [-0.4, -0.2) is 63.1 Å².